The summed E-state index contributed by atoms with van der Waals surface area (Å²) in [5, 5.41) is 3.04. The highest BCUT2D eigenvalue weighted by Crippen LogP contribution is 2.32. The van der Waals surface area contributed by atoms with Gasteiger partial charge in [0.05, 0.1) is 6.04 Å². The van der Waals surface area contributed by atoms with E-state index < -0.39 is 46.6 Å². The Morgan fingerprint density at radius 3 is 1.73 bits per heavy atom. The summed E-state index contributed by atoms with van der Waals surface area (Å²) in [5.41, 5.74) is -0.894. The molecule has 0 fully saturated rings. The second-order valence-electron chi connectivity index (χ2n) is 15.4. The minimum absolute atomic E-state index is 0.00885. The fraction of sp³-hybridized carbons (Fsp3) is 0.667. The lowest BCUT2D eigenvalue weighted by Gasteiger charge is -2.42. The number of hydrogen-bond donors (Lipinski definition) is 1. The van der Waals surface area contributed by atoms with E-state index in [2.05, 4.69) is 5.32 Å². The fourth-order valence-corrected chi connectivity index (χ4v) is 5.26. The Labute approximate surface area is 272 Å². The largest absolute Gasteiger partial charge is 0.444 e. The highest BCUT2D eigenvalue weighted by molar-refractivity contribution is 5.94. The summed E-state index contributed by atoms with van der Waals surface area (Å²) in [7, 11) is 5.02. The van der Waals surface area contributed by atoms with Gasteiger partial charge in [-0.2, -0.15) is 0 Å². The van der Waals surface area contributed by atoms with Crippen molar-refractivity contribution in [2.45, 2.75) is 125 Å². The third-order valence-corrected chi connectivity index (χ3v) is 8.25. The van der Waals surface area contributed by atoms with Crippen molar-refractivity contribution < 1.29 is 23.9 Å². The van der Waals surface area contributed by atoms with Gasteiger partial charge in [0.15, 0.2) is 0 Å². The molecule has 4 amide bonds. The molecule has 254 valence electrons. The highest BCUT2D eigenvalue weighted by Gasteiger charge is 2.46. The van der Waals surface area contributed by atoms with E-state index in [0.717, 1.165) is 5.56 Å². The Bertz CT molecular complexity index is 1210. The van der Waals surface area contributed by atoms with E-state index in [0.29, 0.717) is 5.57 Å². The van der Waals surface area contributed by atoms with E-state index in [4.69, 9.17) is 4.74 Å². The van der Waals surface area contributed by atoms with Crippen LogP contribution in [0.5, 0.6) is 0 Å². The van der Waals surface area contributed by atoms with E-state index in [9.17, 15) is 19.2 Å². The molecule has 0 spiro atoms. The summed E-state index contributed by atoms with van der Waals surface area (Å²) in [4.78, 5) is 59.6. The summed E-state index contributed by atoms with van der Waals surface area (Å²) in [6, 6.07) is 7.21. The Hall–Kier alpha value is -3.36. The summed E-state index contributed by atoms with van der Waals surface area (Å²) in [6.45, 7) is 24.5. The molecule has 0 aliphatic carbocycles. The molecule has 0 aliphatic rings. The van der Waals surface area contributed by atoms with Crippen molar-refractivity contribution in [3.05, 3.63) is 47.5 Å². The number of nitrogens with zero attached hydrogens (tertiary/aromatic N) is 3. The first kappa shape index (κ1) is 39.7. The van der Waals surface area contributed by atoms with Crippen LogP contribution in [-0.4, -0.2) is 89.4 Å². The van der Waals surface area contributed by atoms with Crippen molar-refractivity contribution in [1.29, 1.82) is 0 Å². The van der Waals surface area contributed by atoms with Crippen LogP contribution in [0, 0.1) is 11.3 Å². The molecule has 3 atom stereocenters. The number of ether oxygens (including phenoxy) is 1. The number of nitrogens with one attached hydrogen (secondary N) is 1. The molecule has 0 aliphatic heterocycles. The molecular formula is C36H60N4O5. The second kappa shape index (κ2) is 15.3. The van der Waals surface area contributed by atoms with Gasteiger partial charge in [0.25, 0.3) is 0 Å². The molecule has 9 nitrogen and oxygen atoms in total. The number of benzene rings is 1. The summed E-state index contributed by atoms with van der Waals surface area (Å²) >= 11 is 0. The van der Waals surface area contributed by atoms with Gasteiger partial charge >= 0.3 is 6.09 Å². The Morgan fingerprint density at radius 1 is 0.800 bits per heavy atom. The van der Waals surface area contributed by atoms with Gasteiger partial charge in [-0.15, -0.1) is 0 Å². The van der Waals surface area contributed by atoms with Gasteiger partial charge in [-0.05, 0) is 58.4 Å². The molecule has 0 saturated carbocycles. The number of hydrogen-bond acceptors (Lipinski definition) is 5. The van der Waals surface area contributed by atoms with Crippen molar-refractivity contribution >= 4 is 23.8 Å². The molecule has 1 aromatic rings. The number of carbonyl (C=O) groups is 4. The van der Waals surface area contributed by atoms with Crippen molar-refractivity contribution in [2.75, 3.05) is 21.1 Å². The molecule has 1 aromatic carbocycles. The summed E-state index contributed by atoms with van der Waals surface area (Å²) in [6.07, 6.45) is 1.20. The number of rotatable bonds is 11. The lowest BCUT2D eigenvalue weighted by Crippen LogP contribution is -2.63. The Morgan fingerprint density at radius 2 is 1.31 bits per heavy atom. The van der Waals surface area contributed by atoms with Crippen LogP contribution in [0.1, 0.15) is 95.6 Å². The third-order valence-electron chi connectivity index (χ3n) is 8.25. The Balaban J connectivity index is 3.60. The van der Waals surface area contributed by atoms with E-state index >= 15 is 0 Å². The minimum Gasteiger partial charge on any atom is -0.444 e. The van der Waals surface area contributed by atoms with Crippen molar-refractivity contribution in [1.82, 2.24) is 20.0 Å². The standard InChI is InChI=1S/C36H60N4O5/c1-23(2)27(22-25(5)31(42)38(14)24(3)4)39(15)32(43)28(34(6,7)8)37-30(41)29(40(16)33(44)45-35(9,10)11)36(12,13)26-20-18-17-19-21-26/h17-24,27-29H,1-16H3,(H,37,41)/b25-22+/t27-,28-,29-/m1/s1. The zero-order valence-corrected chi connectivity index (χ0v) is 30.7. The first-order chi connectivity index (χ1) is 20.3. The molecule has 0 saturated heterocycles. The van der Waals surface area contributed by atoms with Gasteiger partial charge in [0.2, 0.25) is 17.7 Å². The van der Waals surface area contributed by atoms with Crippen LogP contribution in [0.4, 0.5) is 4.79 Å². The lowest BCUT2D eigenvalue weighted by atomic mass is 9.76. The maximum atomic E-state index is 14.4. The second-order valence-corrected chi connectivity index (χ2v) is 15.4. The van der Waals surface area contributed by atoms with Gasteiger partial charge in [0.1, 0.15) is 17.7 Å². The van der Waals surface area contributed by atoms with Crippen LogP contribution in [0.15, 0.2) is 42.0 Å². The predicted octanol–water partition coefficient (Wildman–Crippen LogP) is 6.03. The SMILES string of the molecule is C/C(=C\[C@H](C(C)C)N(C)C(=O)[C@@H](NC(=O)[C@@H](N(C)C(=O)OC(C)(C)C)C(C)(C)c1ccccc1)C(C)(C)C)C(=O)N(C)C(C)C. The van der Waals surface area contributed by atoms with Gasteiger partial charge in [-0.3, -0.25) is 19.3 Å². The molecule has 9 heteroatoms. The summed E-state index contributed by atoms with van der Waals surface area (Å²) < 4.78 is 5.66. The van der Waals surface area contributed by atoms with Gasteiger partial charge in [0, 0.05) is 38.2 Å². The maximum Gasteiger partial charge on any atom is 0.410 e. The normalized spacial score (nSPS) is 14.8. The fourth-order valence-electron chi connectivity index (χ4n) is 5.26. The predicted molar refractivity (Wildman–Crippen MR) is 182 cm³/mol. The topological polar surface area (TPSA) is 99.3 Å². The average Bonchev–Trinajstić information content (AvgIpc) is 2.91. The molecule has 1 rings (SSSR count). The lowest BCUT2D eigenvalue weighted by molar-refractivity contribution is -0.142. The quantitative estimate of drug-likeness (QED) is 0.302. The third kappa shape index (κ3) is 10.6. The zero-order chi connectivity index (χ0) is 35.2. The van der Waals surface area contributed by atoms with Crippen LogP contribution in [-0.2, 0) is 24.5 Å². The average molecular weight is 629 g/mol. The van der Waals surface area contributed by atoms with Crippen LogP contribution in [0.3, 0.4) is 0 Å². The molecule has 0 heterocycles. The van der Waals surface area contributed by atoms with E-state index in [1.54, 1.807) is 58.6 Å². The van der Waals surface area contributed by atoms with E-state index in [-0.39, 0.29) is 23.8 Å². The molecule has 1 N–H and O–H groups in total. The molecule has 0 unspecified atom stereocenters. The van der Waals surface area contributed by atoms with Crippen molar-refractivity contribution in [2.24, 2.45) is 11.3 Å². The number of carbonyl (C=O) groups excluding carboxylic acids is 4. The van der Waals surface area contributed by atoms with E-state index in [1.807, 2.05) is 98.7 Å². The highest BCUT2D eigenvalue weighted by atomic mass is 16.6. The van der Waals surface area contributed by atoms with Gasteiger partial charge in [-0.1, -0.05) is 84.9 Å². The van der Waals surface area contributed by atoms with E-state index in [1.165, 1.54) is 4.90 Å². The smallest absolute Gasteiger partial charge is 0.410 e. The number of amides is 4. The first-order valence-corrected chi connectivity index (χ1v) is 15.9. The molecule has 0 bridgehead atoms. The van der Waals surface area contributed by atoms with Crippen LogP contribution in [0.2, 0.25) is 0 Å². The molecule has 0 radical (unpaired) electrons. The molecular weight excluding hydrogens is 568 g/mol. The van der Waals surface area contributed by atoms with Gasteiger partial charge < -0.3 is 19.9 Å². The Kier molecular flexibility index (Phi) is 13.5. The van der Waals surface area contributed by atoms with Crippen molar-refractivity contribution in [3.8, 4) is 0 Å². The van der Waals surface area contributed by atoms with Crippen LogP contribution < -0.4 is 5.32 Å². The summed E-state index contributed by atoms with van der Waals surface area (Å²) in [5.74, 6) is -0.876. The molecule has 0 aromatic heterocycles. The first-order valence-electron chi connectivity index (χ1n) is 15.9. The minimum atomic E-state index is -1.01. The van der Waals surface area contributed by atoms with Crippen LogP contribution >= 0.6 is 0 Å². The van der Waals surface area contributed by atoms with Gasteiger partial charge in [-0.25, -0.2) is 4.79 Å². The number of likely N-dealkylation sites (N-methyl/N-ethyl adjacent to an activating group) is 3. The van der Waals surface area contributed by atoms with Crippen LogP contribution in [0.25, 0.3) is 0 Å². The molecule has 45 heavy (non-hydrogen) atoms. The zero-order valence-electron chi connectivity index (χ0n) is 30.7. The maximum absolute atomic E-state index is 14.4. The van der Waals surface area contributed by atoms with Crippen molar-refractivity contribution in [3.63, 3.8) is 0 Å². The monoisotopic (exact) mass is 628 g/mol.